The molecule has 4 heterocycles. The molecule has 2 aliphatic rings. The number of morpholine rings is 1. The molecule has 1 saturated heterocycles. The van der Waals surface area contributed by atoms with Gasteiger partial charge >= 0.3 is 0 Å². The Hall–Kier alpha value is -3.78. The van der Waals surface area contributed by atoms with Gasteiger partial charge in [0.05, 0.1) is 30.5 Å². The zero-order chi connectivity index (χ0) is 25.2. The van der Waals surface area contributed by atoms with Crippen LogP contribution in [0.1, 0.15) is 47.8 Å². The zero-order valence-corrected chi connectivity index (χ0v) is 20.9. The van der Waals surface area contributed by atoms with Crippen molar-refractivity contribution in [2.24, 2.45) is 0 Å². The lowest BCUT2D eigenvalue weighted by atomic mass is 9.89. The monoisotopic (exact) mass is 485 g/mol. The fourth-order valence-electron chi connectivity index (χ4n) is 5.01. The molecule has 1 fully saturated rings. The summed E-state index contributed by atoms with van der Waals surface area (Å²) in [6, 6.07) is 13.8. The summed E-state index contributed by atoms with van der Waals surface area (Å²) in [5.74, 6) is 0.797. The van der Waals surface area contributed by atoms with Gasteiger partial charge < -0.3 is 19.9 Å². The van der Waals surface area contributed by atoms with Crippen molar-refractivity contribution in [2.75, 3.05) is 36.5 Å². The Morgan fingerprint density at radius 2 is 1.83 bits per heavy atom. The number of nitrogens with one attached hydrogen (secondary N) is 1. The molecule has 8 nitrogen and oxygen atoms in total. The van der Waals surface area contributed by atoms with Crippen molar-refractivity contribution in [3.05, 3.63) is 71.5 Å². The second-order valence-corrected chi connectivity index (χ2v) is 9.50. The van der Waals surface area contributed by atoms with Gasteiger partial charge in [-0.25, -0.2) is 4.98 Å². The Kier molecular flexibility index (Phi) is 6.69. The maximum Gasteiger partial charge on any atom is 0.255 e. The number of aryl methyl sites for hydroxylation is 1. The molecule has 8 heteroatoms. The summed E-state index contributed by atoms with van der Waals surface area (Å²) in [6.07, 6.45) is 4.24. The zero-order valence-electron chi connectivity index (χ0n) is 20.9. The van der Waals surface area contributed by atoms with Crippen molar-refractivity contribution >= 4 is 23.3 Å². The molecule has 0 spiro atoms. The standard InChI is InChI=1S/C28H31N5O3/c1-18-4-9-27(30-16-18)31-25-14-19(2)33(20(3)34)26-8-6-21(15-23(25)26)24-7-5-22(17-29-24)28(35)32-10-12-36-13-11-32/h4-9,15-17,19,25H,10-14H2,1-3H3,(H,30,31)/t19-,25+/m0/s1. The molecular weight excluding hydrogens is 454 g/mol. The van der Waals surface area contributed by atoms with Crippen molar-refractivity contribution < 1.29 is 14.3 Å². The minimum Gasteiger partial charge on any atom is -0.378 e. The van der Waals surface area contributed by atoms with Crippen LogP contribution in [0.25, 0.3) is 11.3 Å². The topological polar surface area (TPSA) is 87.7 Å². The molecule has 1 aromatic carbocycles. The normalized spacial score (nSPS) is 19.5. The third-order valence-corrected chi connectivity index (χ3v) is 6.86. The largest absolute Gasteiger partial charge is 0.378 e. The number of rotatable bonds is 4. The van der Waals surface area contributed by atoms with Crippen LogP contribution in [0.2, 0.25) is 0 Å². The number of anilines is 2. The molecule has 0 aliphatic carbocycles. The molecule has 3 aromatic rings. The molecule has 36 heavy (non-hydrogen) atoms. The van der Waals surface area contributed by atoms with E-state index in [1.54, 1.807) is 18.0 Å². The average molecular weight is 486 g/mol. The lowest BCUT2D eigenvalue weighted by Crippen LogP contribution is -2.43. The predicted molar refractivity (Wildman–Crippen MR) is 139 cm³/mol. The van der Waals surface area contributed by atoms with E-state index < -0.39 is 0 Å². The van der Waals surface area contributed by atoms with Crippen LogP contribution in [0, 0.1) is 6.92 Å². The quantitative estimate of drug-likeness (QED) is 0.595. The number of carbonyl (C=O) groups is 2. The molecule has 0 saturated carbocycles. The van der Waals surface area contributed by atoms with Gasteiger partial charge in [-0.05, 0) is 61.7 Å². The van der Waals surface area contributed by atoms with Gasteiger partial charge in [0, 0.05) is 49.7 Å². The van der Waals surface area contributed by atoms with Gasteiger partial charge in [0.15, 0.2) is 0 Å². The van der Waals surface area contributed by atoms with Gasteiger partial charge in [0.2, 0.25) is 5.91 Å². The molecule has 1 N–H and O–H groups in total. The molecule has 0 bridgehead atoms. The van der Waals surface area contributed by atoms with Gasteiger partial charge in [-0.3, -0.25) is 14.6 Å². The third kappa shape index (κ3) is 4.81. The Morgan fingerprint density at radius 1 is 1.03 bits per heavy atom. The Bertz CT molecular complexity index is 1250. The number of amides is 2. The highest BCUT2D eigenvalue weighted by molar-refractivity contribution is 5.95. The van der Waals surface area contributed by atoms with Gasteiger partial charge in [0.25, 0.3) is 5.91 Å². The smallest absolute Gasteiger partial charge is 0.255 e. The van der Waals surface area contributed by atoms with Gasteiger partial charge in [-0.2, -0.15) is 0 Å². The van der Waals surface area contributed by atoms with Crippen LogP contribution < -0.4 is 10.2 Å². The lowest BCUT2D eigenvalue weighted by molar-refractivity contribution is -0.117. The highest BCUT2D eigenvalue weighted by atomic mass is 16.5. The SMILES string of the molecule is CC(=O)N1c2ccc(-c3ccc(C(=O)N4CCOCC4)cn3)cc2[C@H](Nc2ccc(C)cn2)C[C@@H]1C. The fraction of sp³-hybridized carbons (Fsp3) is 0.357. The molecule has 2 aromatic heterocycles. The van der Waals surface area contributed by atoms with E-state index in [0.29, 0.717) is 31.9 Å². The van der Waals surface area contributed by atoms with Crippen molar-refractivity contribution in [3.63, 3.8) is 0 Å². The van der Waals surface area contributed by atoms with Crippen molar-refractivity contribution in [3.8, 4) is 11.3 Å². The van der Waals surface area contributed by atoms with E-state index in [9.17, 15) is 9.59 Å². The maximum atomic E-state index is 12.8. The molecule has 5 rings (SSSR count). The first-order valence-corrected chi connectivity index (χ1v) is 12.4. The number of carbonyl (C=O) groups excluding carboxylic acids is 2. The molecular formula is C28H31N5O3. The van der Waals surface area contributed by atoms with Crippen molar-refractivity contribution in [2.45, 2.75) is 39.3 Å². The number of benzene rings is 1. The summed E-state index contributed by atoms with van der Waals surface area (Å²) in [5.41, 5.74) is 5.30. The number of aromatic nitrogens is 2. The van der Waals surface area contributed by atoms with E-state index >= 15 is 0 Å². The molecule has 0 radical (unpaired) electrons. The van der Waals surface area contributed by atoms with Crippen LogP contribution in [0.3, 0.4) is 0 Å². The summed E-state index contributed by atoms with van der Waals surface area (Å²) in [4.78, 5) is 38.1. The molecule has 2 aliphatic heterocycles. The number of fused-ring (bicyclic) bond motifs is 1. The summed E-state index contributed by atoms with van der Waals surface area (Å²) < 4.78 is 5.35. The number of nitrogens with zero attached hydrogens (tertiary/aromatic N) is 4. The van der Waals surface area contributed by atoms with E-state index in [4.69, 9.17) is 4.74 Å². The second kappa shape index (κ2) is 10.1. The first-order valence-electron chi connectivity index (χ1n) is 12.4. The first-order chi connectivity index (χ1) is 17.4. The van der Waals surface area contributed by atoms with Crippen molar-refractivity contribution in [1.29, 1.82) is 0 Å². The maximum absolute atomic E-state index is 12.8. The van der Waals surface area contributed by atoms with Gasteiger partial charge in [-0.15, -0.1) is 0 Å². The van der Waals surface area contributed by atoms with E-state index in [-0.39, 0.29) is 23.9 Å². The van der Waals surface area contributed by atoms with Crippen LogP contribution in [0.4, 0.5) is 11.5 Å². The summed E-state index contributed by atoms with van der Waals surface area (Å²) >= 11 is 0. The molecule has 186 valence electrons. The Labute approximate surface area is 211 Å². The van der Waals surface area contributed by atoms with Gasteiger partial charge in [0.1, 0.15) is 5.82 Å². The first kappa shape index (κ1) is 23.9. The number of ether oxygens (including phenoxy) is 1. The molecule has 2 amide bonds. The van der Waals surface area contributed by atoms with E-state index in [2.05, 4.69) is 28.3 Å². The number of hydrogen-bond donors (Lipinski definition) is 1. The predicted octanol–water partition coefficient (Wildman–Crippen LogP) is 4.22. The average Bonchev–Trinajstić information content (AvgIpc) is 2.90. The Balaban J connectivity index is 1.45. The van der Waals surface area contributed by atoms with E-state index in [1.807, 2.05) is 54.4 Å². The van der Waals surface area contributed by atoms with E-state index in [0.717, 1.165) is 40.3 Å². The summed E-state index contributed by atoms with van der Waals surface area (Å²) in [6.45, 7) is 8.02. The molecule has 0 unspecified atom stereocenters. The summed E-state index contributed by atoms with van der Waals surface area (Å²) in [5, 5.41) is 3.56. The third-order valence-electron chi connectivity index (χ3n) is 6.86. The highest BCUT2D eigenvalue weighted by Gasteiger charge is 2.33. The molecule has 2 atom stereocenters. The van der Waals surface area contributed by atoms with Crippen LogP contribution in [0.15, 0.2) is 54.9 Å². The second-order valence-electron chi connectivity index (χ2n) is 9.50. The minimum absolute atomic E-state index is 0.0112. The Morgan fingerprint density at radius 3 is 2.50 bits per heavy atom. The summed E-state index contributed by atoms with van der Waals surface area (Å²) in [7, 11) is 0. The van der Waals surface area contributed by atoms with Crippen LogP contribution in [-0.4, -0.2) is 59.0 Å². The number of hydrogen-bond acceptors (Lipinski definition) is 6. The van der Waals surface area contributed by atoms with Crippen LogP contribution in [0.5, 0.6) is 0 Å². The minimum atomic E-state index is -0.0243. The van der Waals surface area contributed by atoms with Crippen molar-refractivity contribution in [1.82, 2.24) is 14.9 Å². The van der Waals surface area contributed by atoms with E-state index in [1.165, 1.54) is 0 Å². The lowest BCUT2D eigenvalue weighted by Gasteiger charge is -2.39. The van der Waals surface area contributed by atoms with Gasteiger partial charge in [-0.1, -0.05) is 12.1 Å². The highest BCUT2D eigenvalue weighted by Crippen LogP contribution is 2.40. The van der Waals surface area contributed by atoms with Crippen LogP contribution >= 0.6 is 0 Å². The number of pyridine rings is 2. The fourth-order valence-corrected chi connectivity index (χ4v) is 5.01. The van der Waals surface area contributed by atoms with Crippen LogP contribution in [-0.2, 0) is 9.53 Å².